The molecule has 0 atom stereocenters. The van der Waals surface area contributed by atoms with Gasteiger partial charge >= 0.3 is 35.2 Å². The van der Waals surface area contributed by atoms with Crippen molar-refractivity contribution in [3.8, 4) is 0 Å². The molecule has 0 aliphatic carbocycles. The maximum absolute atomic E-state index is 11.0. The zero-order valence-corrected chi connectivity index (χ0v) is 15.0. The van der Waals surface area contributed by atoms with Crippen LogP contribution in [0.25, 0.3) is 0 Å². The van der Waals surface area contributed by atoms with Crippen LogP contribution in [-0.4, -0.2) is 40.3 Å². The second-order valence-corrected chi connectivity index (χ2v) is 6.44. The number of carbonyl (C=O) groups is 2. The second-order valence-electron chi connectivity index (χ2n) is 6.44. The van der Waals surface area contributed by atoms with Crippen molar-refractivity contribution in [1.82, 2.24) is 0 Å². The Kier molecular flexibility index (Phi) is 22.4. The molecule has 0 heterocycles. The van der Waals surface area contributed by atoms with Crippen LogP contribution in [0.15, 0.2) is 0 Å². The van der Waals surface area contributed by atoms with Crippen LogP contribution >= 0.6 is 0 Å². The summed E-state index contributed by atoms with van der Waals surface area (Å²) in [5, 5.41) is 8.27. The minimum atomic E-state index is -1.50. The highest BCUT2D eigenvalue weighted by atomic mass is 24.3. The first-order chi connectivity index (χ1) is 11.2. The SMILES string of the molecule is CCCCCCCCCCCCCCCCCC(=O)OC(=O)O.[MgH2]. The predicted molar refractivity (Wildman–Crippen MR) is 102 cm³/mol. The predicted octanol–water partition coefficient (Wildman–Crippen LogP) is 5.55. The molecule has 140 valence electrons. The number of carbonyl (C=O) groups excluding carboxylic acids is 1. The monoisotopic (exact) mass is 354 g/mol. The Morgan fingerprint density at radius 2 is 1.00 bits per heavy atom. The number of ether oxygens (including phenoxy) is 1. The Hall–Kier alpha value is -0.294. The normalized spacial score (nSPS) is 10.2. The van der Waals surface area contributed by atoms with E-state index in [9.17, 15) is 9.59 Å². The lowest BCUT2D eigenvalue weighted by Gasteiger charge is -2.03. The van der Waals surface area contributed by atoms with Gasteiger partial charge in [0.15, 0.2) is 0 Å². The van der Waals surface area contributed by atoms with Crippen molar-refractivity contribution in [3.63, 3.8) is 0 Å². The molecule has 0 unspecified atom stereocenters. The molecule has 0 aromatic rings. The van der Waals surface area contributed by atoms with E-state index in [2.05, 4.69) is 11.7 Å². The number of hydrogen-bond acceptors (Lipinski definition) is 3. The van der Waals surface area contributed by atoms with Crippen LogP contribution in [-0.2, 0) is 9.53 Å². The first kappa shape index (κ1) is 25.9. The number of unbranched alkanes of at least 4 members (excludes halogenated alkanes) is 14. The lowest BCUT2D eigenvalue weighted by Crippen LogP contribution is -2.09. The molecular formula is C19H38MgO4. The van der Waals surface area contributed by atoms with Gasteiger partial charge in [0.1, 0.15) is 0 Å². The van der Waals surface area contributed by atoms with Crippen molar-refractivity contribution in [2.45, 2.75) is 110 Å². The smallest absolute Gasteiger partial charge is 0.449 e. The van der Waals surface area contributed by atoms with Crippen molar-refractivity contribution in [2.24, 2.45) is 0 Å². The highest BCUT2D eigenvalue weighted by molar-refractivity contribution is 5.80. The highest BCUT2D eigenvalue weighted by Crippen LogP contribution is 2.13. The van der Waals surface area contributed by atoms with E-state index >= 15 is 0 Å². The van der Waals surface area contributed by atoms with Gasteiger partial charge in [0, 0.05) is 6.42 Å². The van der Waals surface area contributed by atoms with E-state index in [0.29, 0.717) is 0 Å². The van der Waals surface area contributed by atoms with Gasteiger partial charge in [0.2, 0.25) is 0 Å². The Balaban J connectivity index is 0. The van der Waals surface area contributed by atoms with Gasteiger partial charge in [0.05, 0.1) is 0 Å². The Morgan fingerprint density at radius 3 is 1.33 bits per heavy atom. The third-order valence-corrected chi connectivity index (χ3v) is 4.19. The topological polar surface area (TPSA) is 63.6 Å². The minimum Gasteiger partial charge on any atom is -0.449 e. The molecule has 4 nitrogen and oxygen atoms in total. The molecule has 0 aliphatic heterocycles. The molecule has 24 heavy (non-hydrogen) atoms. The summed E-state index contributed by atoms with van der Waals surface area (Å²) in [4.78, 5) is 21.1. The third kappa shape index (κ3) is 21.7. The summed E-state index contributed by atoms with van der Waals surface area (Å²) in [7, 11) is 0. The van der Waals surface area contributed by atoms with E-state index in [1.54, 1.807) is 0 Å². The molecule has 0 radical (unpaired) electrons. The van der Waals surface area contributed by atoms with Crippen molar-refractivity contribution in [3.05, 3.63) is 0 Å². The number of esters is 1. The number of carboxylic acid groups (broad SMARTS) is 1. The first-order valence-electron chi connectivity index (χ1n) is 9.60. The second kappa shape index (κ2) is 20.8. The average molecular weight is 355 g/mol. The summed E-state index contributed by atoms with van der Waals surface area (Å²) in [6, 6.07) is 0. The van der Waals surface area contributed by atoms with E-state index in [0.717, 1.165) is 19.3 Å². The van der Waals surface area contributed by atoms with Crippen LogP contribution in [0.5, 0.6) is 0 Å². The fraction of sp³-hybridized carbons (Fsp3) is 0.895. The van der Waals surface area contributed by atoms with Crippen LogP contribution in [0.1, 0.15) is 110 Å². The van der Waals surface area contributed by atoms with Crippen LogP contribution in [0.3, 0.4) is 0 Å². The van der Waals surface area contributed by atoms with Gasteiger partial charge in [-0.15, -0.1) is 0 Å². The lowest BCUT2D eigenvalue weighted by atomic mass is 10.0. The molecule has 0 bridgehead atoms. The van der Waals surface area contributed by atoms with Crippen LogP contribution in [0, 0.1) is 0 Å². The molecule has 0 saturated carbocycles. The van der Waals surface area contributed by atoms with Crippen molar-refractivity contribution >= 4 is 35.2 Å². The standard InChI is InChI=1S/C19H36O4.Mg.2H/c1-2-3-4-5-6-7-8-9-10-11-12-13-14-15-16-17-18(20)23-19(21)22;;;/h2-17H2,1H3,(H,21,22);;;. The maximum Gasteiger partial charge on any atom is 0.513 e. The lowest BCUT2D eigenvalue weighted by molar-refractivity contribution is -0.139. The molecule has 0 aliphatic rings. The van der Waals surface area contributed by atoms with E-state index in [1.165, 1.54) is 77.0 Å². The molecule has 5 heteroatoms. The molecule has 0 saturated heterocycles. The van der Waals surface area contributed by atoms with Crippen molar-refractivity contribution < 1.29 is 19.4 Å². The fourth-order valence-electron chi connectivity index (χ4n) is 2.79. The number of rotatable bonds is 16. The zero-order valence-electron chi connectivity index (χ0n) is 15.0. The van der Waals surface area contributed by atoms with Gasteiger partial charge in [-0.05, 0) is 6.42 Å². The molecule has 0 amide bonds. The van der Waals surface area contributed by atoms with Gasteiger partial charge in [-0.2, -0.15) is 0 Å². The van der Waals surface area contributed by atoms with Crippen molar-refractivity contribution in [1.29, 1.82) is 0 Å². The summed E-state index contributed by atoms with van der Waals surface area (Å²) in [5.74, 6) is -0.632. The maximum atomic E-state index is 11.0. The van der Waals surface area contributed by atoms with Crippen LogP contribution < -0.4 is 0 Å². The Bertz CT molecular complexity index is 295. The van der Waals surface area contributed by atoms with E-state index in [1.807, 2.05) is 0 Å². The van der Waals surface area contributed by atoms with E-state index in [-0.39, 0.29) is 29.5 Å². The number of hydrogen-bond donors (Lipinski definition) is 1. The largest absolute Gasteiger partial charge is 0.513 e. The van der Waals surface area contributed by atoms with Gasteiger partial charge in [0.25, 0.3) is 0 Å². The molecule has 0 rings (SSSR count). The van der Waals surface area contributed by atoms with E-state index in [4.69, 9.17) is 5.11 Å². The minimum absolute atomic E-state index is 0. The third-order valence-electron chi connectivity index (χ3n) is 4.19. The van der Waals surface area contributed by atoms with Gasteiger partial charge in [-0.1, -0.05) is 96.8 Å². The van der Waals surface area contributed by atoms with Crippen LogP contribution in [0.4, 0.5) is 4.79 Å². The quantitative estimate of drug-likeness (QED) is 0.171. The summed E-state index contributed by atoms with van der Waals surface area (Å²) in [6.45, 7) is 2.26. The summed E-state index contributed by atoms with van der Waals surface area (Å²) in [6.07, 6.45) is 17.8. The Morgan fingerprint density at radius 1 is 0.667 bits per heavy atom. The molecular weight excluding hydrogens is 317 g/mol. The van der Waals surface area contributed by atoms with Gasteiger partial charge in [-0.25, -0.2) is 4.79 Å². The van der Waals surface area contributed by atoms with Crippen molar-refractivity contribution in [2.75, 3.05) is 0 Å². The summed E-state index contributed by atoms with van der Waals surface area (Å²) in [5.41, 5.74) is 0. The summed E-state index contributed by atoms with van der Waals surface area (Å²) >= 11 is 0. The fourth-order valence-corrected chi connectivity index (χ4v) is 2.79. The van der Waals surface area contributed by atoms with Crippen LogP contribution in [0.2, 0.25) is 0 Å². The molecule has 0 fully saturated rings. The first-order valence-corrected chi connectivity index (χ1v) is 9.60. The molecule has 0 aromatic carbocycles. The van der Waals surface area contributed by atoms with Gasteiger partial charge in [-0.3, -0.25) is 4.79 Å². The molecule has 1 N–H and O–H groups in total. The van der Waals surface area contributed by atoms with Gasteiger partial charge < -0.3 is 9.84 Å². The average Bonchev–Trinajstić information content (AvgIpc) is 2.50. The van der Waals surface area contributed by atoms with E-state index < -0.39 is 12.1 Å². The summed E-state index contributed by atoms with van der Waals surface area (Å²) < 4.78 is 4.05. The molecule has 0 aromatic heterocycles. The zero-order chi connectivity index (χ0) is 17.2. The molecule has 0 spiro atoms. The Labute approximate surface area is 164 Å². The highest BCUT2D eigenvalue weighted by Gasteiger charge is 2.07.